The minimum Gasteiger partial charge on any atom is -0.385 e. The van der Waals surface area contributed by atoms with Gasteiger partial charge < -0.3 is 15.4 Å². The molecule has 0 aliphatic carbocycles. The summed E-state index contributed by atoms with van der Waals surface area (Å²) in [5, 5.41) is 0. The molecule has 0 amide bonds. The largest absolute Gasteiger partial charge is 0.385 e. The third-order valence-electron chi connectivity index (χ3n) is 3.14. The van der Waals surface area contributed by atoms with E-state index in [-0.39, 0.29) is 24.0 Å². The van der Waals surface area contributed by atoms with Gasteiger partial charge in [0.2, 0.25) is 0 Å². The monoisotopic (exact) mass is 308 g/mol. The van der Waals surface area contributed by atoms with Crippen molar-refractivity contribution in [3.05, 3.63) is 20.8 Å². The van der Waals surface area contributed by atoms with Gasteiger partial charge in [0.05, 0.1) is 6.54 Å². The third kappa shape index (κ3) is 4.40. The Morgan fingerprint density at radius 3 is 2.68 bits per heavy atom. The lowest BCUT2D eigenvalue weighted by atomic mass is 10.2. The van der Waals surface area contributed by atoms with Crippen LogP contribution >= 0.6 is 0 Å². The standard InChI is InChI=1S/C15H24N4O3/c1-5-7-18(8-6-9-22-4)12-13(16)19(10-11(2)3)15(21)17-14(12)20/h1,11H,6-10,16H2,2-4H3,(H,17,20,21). The second-order valence-electron chi connectivity index (χ2n) is 5.47. The maximum absolute atomic E-state index is 12.2. The number of aromatic nitrogens is 2. The molecule has 0 saturated heterocycles. The number of nitrogens with two attached hydrogens (primary N) is 1. The molecule has 1 aromatic rings. The maximum atomic E-state index is 12.2. The Morgan fingerprint density at radius 1 is 1.45 bits per heavy atom. The van der Waals surface area contributed by atoms with E-state index in [4.69, 9.17) is 16.9 Å². The zero-order chi connectivity index (χ0) is 16.7. The van der Waals surface area contributed by atoms with Crippen LogP contribution in [0.1, 0.15) is 20.3 Å². The fourth-order valence-electron chi connectivity index (χ4n) is 2.21. The maximum Gasteiger partial charge on any atom is 0.330 e. The molecule has 0 spiro atoms. The van der Waals surface area contributed by atoms with Crippen LogP contribution in [-0.4, -0.2) is 36.4 Å². The van der Waals surface area contributed by atoms with Gasteiger partial charge in [-0.2, -0.15) is 0 Å². The molecule has 1 heterocycles. The van der Waals surface area contributed by atoms with Gasteiger partial charge in [0.15, 0.2) is 0 Å². The molecule has 0 saturated carbocycles. The Morgan fingerprint density at radius 2 is 2.14 bits per heavy atom. The zero-order valence-corrected chi connectivity index (χ0v) is 13.4. The first-order chi connectivity index (χ1) is 10.4. The predicted molar refractivity (Wildman–Crippen MR) is 88.1 cm³/mol. The molecule has 0 aromatic carbocycles. The lowest BCUT2D eigenvalue weighted by Gasteiger charge is -2.24. The second-order valence-corrected chi connectivity index (χ2v) is 5.47. The summed E-state index contributed by atoms with van der Waals surface area (Å²) in [7, 11) is 1.61. The van der Waals surface area contributed by atoms with Crippen LogP contribution in [0.25, 0.3) is 0 Å². The highest BCUT2D eigenvalue weighted by molar-refractivity contribution is 5.63. The quantitative estimate of drug-likeness (QED) is 0.530. The van der Waals surface area contributed by atoms with Crippen LogP contribution < -0.4 is 21.9 Å². The molecule has 0 fully saturated rings. The number of ether oxygens (including phenoxy) is 1. The number of aromatic amines is 1. The van der Waals surface area contributed by atoms with E-state index < -0.39 is 11.2 Å². The van der Waals surface area contributed by atoms with Crippen molar-refractivity contribution in [3.63, 3.8) is 0 Å². The molecule has 0 aliphatic heterocycles. The van der Waals surface area contributed by atoms with Crippen LogP contribution in [0.4, 0.5) is 11.5 Å². The van der Waals surface area contributed by atoms with Gasteiger partial charge in [-0.25, -0.2) is 4.79 Å². The van der Waals surface area contributed by atoms with E-state index in [0.29, 0.717) is 26.1 Å². The van der Waals surface area contributed by atoms with Crippen molar-refractivity contribution in [2.45, 2.75) is 26.8 Å². The average Bonchev–Trinajstić information content (AvgIpc) is 2.43. The van der Waals surface area contributed by atoms with Gasteiger partial charge in [-0.15, -0.1) is 6.42 Å². The smallest absolute Gasteiger partial charge is 0.330 e. The molecule has 0 unspecified atom stereocenters. The summed E-state index contributed by atoms with van der Waals surface area (Å²) >= 11 is 0. The van der Waals surface area contributed by atoms with Gasteiger partial charge in [0, 0.05) is 26.8 Å². The van der Waals surface area contributed by atoms with Gasteiger partial charge >= 0.3 is 5.69 Å². The van der Waals surface area contributed by atoms with Crippen LogP contribution in [0.3, 0.4) is 0 Å². The van der Waals surface area contributed by atoms with E-state index in [0.717, 1.165) is 0 Å². The Hall–Kier alpha value is -2.20. The van der Waals surface area contributed by atoms with E-state index in [1.54, 1.807) is 12.0 Å². The summed E-state index contributed by atoms with van der Waals surface area (Å²) < 4.78 is 6.39. The first kappa shape index (κ1) is 17.9. The molecule has 22 heavy (non-hydrogen) atoms. The Labute approximate surface area is 130 Å². The van der Waals surface area contributed by atoms with Gasteiger partial charge in [0.25, 0.3) is 5.56 Å². The van der Waals surface area contributed by atoms with Crippen molar-refractivity contribution >= 4 is 11.5 Å². The molecule has 122 valence electrons. The first-order valence-corrected chi connectivity index (χ1v) is 7.22. The average molecular weight is 308 g/mol. The van der Waals surface area contributed by atoms with Crippen molar-refractivity contribution in [2.75, 3.05) is 37.4 Å². The number of nitrogens with zero attached hydrogens (tertiary/aromatic N) is 2. The fraction of sp³-hybridized carbons (Fsp3) is 0.600. The number of H-pyrrole nitrogens is 1. The molecule has 7 nitrogen and oxygen atoms in total. The van der Waals surface area contributed by atoms with E-state index in [9.17, 15) is 9.59 Å². The second kappa shape index (κ2) is 8.29. The highest BCUT2D eigenvalue weighted by atomic mass is 16.5. The number of methoxy groups -OCH3 is 1. The van der Waals surface area contributed by atoms with Crippen molar-refractivity contribution < 1.29 is 4.74 Å². The number of nitrogens with one attached hydrogen (secondary N) is 1. The Bertz CT molecular complexity index is 640. The third-order valence-corrected chi connectivity index (χ3v) is 3.14. The van der Waals surface area contributed by atoms with Crippen molar-refractivity contribution in [3.8, 4) is 12.3 Å². The SMILES string of the molecule is C#CCN(CCCOC)c1c(N)n(CC(C)C)c(=O)[nH]c1=O. The number of hydrogen-bond acceptors (Lipinski definition) is 5. The van der Waals surface area contributed by atoms with Gasteiger partial charge in [0.1, 0.15) is 11.5 Å². The van der Waals surface area contributed by atoms with Gasteiger partial charge in [-0.05, 0) is 12.3 Å². The molecule has 3 N–H and O–H groups in total. The van der Waals surface area contributed by atoms with Crippen molar-refractivity contribution in [1.82, 2.24) is 9.55 Å². The molecule has 0 radical (unpaired) electrons. The normalized spacial score (nSPS) is 10.7. The lowest BCUT2D eigenvalue weighted by molar-refractivity contribution is 0.196. The molecular formula is C15H24N4O3. The van der Waals surface area contributed by atoms with E-state index >= 15 is 0 Å². The van der Waals surface area contributed by atoms with Gasteiger partial charge in [-0.1, -0.05) is 19.8 Å². The summed E-state index contributed by atoms with van der Waals surface area (Å²) in [6.45, 7) is 5.66. The number of anilines is 2. The summed E-state index contributed by atoms with van der Waals surface area (Å²) in [6, 6.07) is 0. The molecule has 0 aliphatic rings. The minimum atomic E-state index is -0.518. The summed E-state index contributed by atoms with van der Waals surface area (Å²) in [5.41, 5.74) is 5.29. The van der Waals surface area contributed by atoms with Crippen molar-refractivity contribution in [2.24, 2.45) is 5.92 Å². The first-order valence-electron chi connectivity index (χ1n) is 7.22. The van der Waals surface area contributed by atoms with E-state index in [1.807, 2.05) is 13.8 Å². The highest BCUT2D eigenvalue weighted by Crippen LogP contribution is 2.17. The van der Waals surface area contributed by atoms with Crippen LogP contribution in [-0.2, 0) is 11.3 Å². The summed E-state index contributed by atoms with van der Waals surface area (Å²) in [5.74, 6) is 2.88. The topological polar surface area (TPSA) is 93.3 Å². The van der Waals surface area contributed by atoms with Crippen LogP contribution in [0.2, 0.25) is 0 Å². The predicted octanol–water partition coefficient (Wildman–Crippen LogP) is 0.251. The van der Waals surface area contributed by atoms with E-state index in [1.165, 1.54) is 4.57 Å². The number of hydrogen-bond donors (Lipinski definition) is 2. The van der Waals surface area contributed by atoms with Gasteiger partial charge in [-0.3, -0.25) is 14.3 Å². The lowest BCUT2D eigenvalue weighted by Crippen LogP contribution is -2.39. The summed E-state index contributed by atoms with van der Waals surface area (Å²) in [4.78, 5) is 28.1. The number of nitrogen functional groups attached to an aromatic ring is 1. The Kier molecular flexibility index (Phi) is 6.73. The fourth-order valence-corrected chi connectivity index (χ4v) is 2.21. The molecule has 1 aromatic heterocycles. The van der Waals surface area contributed by atoms with Crippen LogP contribution in [0, 0.1) is 18.3 Å². The van der Waals surface area contributed by atoms with Crippen LogP contribution in [0.15, 0.2) is 9.59 Å². The Balaban J connectivity index is 3.27. The number of terminal acetylenes is 1. The number of rotatable bonds is 8. The zero-order valence-electron chi connectivity index (χ0n) is 13.4. The molecular weight excluding hydrogens is 284 g/mol. The van der Waals surface area contributed by atoms with E-state index in [2.05, 4.69) is 10.9 Å². The highest BCUT2D eigenvalue weighted by Gasteiger charge is 2.18. The molecule has 7 heteroatoms. The van der Waals surface area contributed by atoms with Crippen LogP contribution in [0.5, 0.6) is 0 Å². The van der Waals surface area contributed by atoms with Crippen molar-refractivity contribution in [1.29, 1.82) is 0 Å². The molecule has 0 bridgehead atoms. The minimum absolute atomic E-state index is 0.148. The molecule has 1 rings (SSSR count). The summed E-state index contributed by atoms with van der Waals surface area (Å²) in [6.07, 6.45) is 6.07. The molecule has 0 atom stereocenters.